The van der Waals surface area contributed by atoms with Crippen molar-refractivity contribution in [2.24, 2.45) is 0 Å². The molecule has 2 amide bonds. The second-order valence-corrected chi connectivity index (χ2v) is 4.13. The molecule has 0 rings (SSSR count). The summed E-state index contributed by atoms with van der Waals surface area (Å²) in [4.78, 5) is 24.4. The Bertz CT molecular complexity index is 259. The zero-order valence-electron chi connectivity index (χ0n) is 11.5. The first-order chi connectivity index (χ1) is 8.54. The number of aliphatic carboxylic acids is 1. The van der Waals surface area contributed by atoms with E-state index in [4.69, 9.17) is 5.11 Å². The van der Waals surface area contributed by atoms with Crippen LogP contribution in [0.5, 0.6) is 0 Å². The molecule has 0 saturated heterocycles. The Hall–Kier alpha value is -1.30. The fraction of sp³-hybridized carbons (Fsp3) is 0.833. The molecule has 0 aliphatic rings. The van der Waals surface area contributed by atoms with Crippen molar-refractivity contribution in [2.75, 3.05) is 26.2 Å². The SMILES string of the molecule is CCCN(CC)CCNC(=O)N[C@H](CC)C(=O)O. The molecular formula is C12H25N3O3. The van der Waals surface area contributed by atoms with Crippen LogP contribution in [0.1, 0.15) is 33.6 Å². The van der Waals surface area contributed by atoms with Crippen LogP contribution in [-0.2, 0) is 4.79 Å². The number of hydrogen-bond acceptors (Lipinski definition) is 3. The quantitative estimate of drug-likeness (QED) is 0.574. The Morgan fingerprint density at radius 2 is 1.89 bits per heavy atom. The van der Waals surface area contributed by atoms with Crippen molar-refractivity contribution in [2.45, 2.75) is 39.7 Å². The van der Waals surface area contributed by atoms with Gasteiger partial charge in [0.25, 0.3) is 0 Å². The molecule has 3 N–H and O–H groups in total. The molecule has 106 valence electrons. The summed E-state index contributed by atoms with van der Waals surface area (Å²) in [5.41, 5.74) is 0. The van der Waals surface area contributed by atoms with Gasteiger partial charge in [-0.05, 0) is 25.9 Å². The summed E-state index contributed by atoms with van der Waals surface area (Å²) >= 11 is 0. The molecule has 0 fully saturated rings. The molecule has 0 aromatic heterocycles. The highest BCUT2D eigenvalue weighted by molar-refractivity contribution is 5.82. The maximum Gasteiger partial charge on any atom is 0.326 e. The van der Waals surface area contributed by atoms with E-state index < -0.39 is 18.0 Å². The van der Waals surface area contributed by atoms with Crippen molar-refractivity contribution in [3.8, 4) is 0 Å². The second kappa shape index (κ2) is 9.70. The van der Waals surface area contributed by atoms with Crippen molar-refractivity contribution in [1.82, 2.24) is 15.5 Å². The third kappa shape index (κ3) is 7.11. The van der Waals surface area contributed by atoms with Gasteiger partial charge in [0, 0.05) is 13.1 Å². The molecule has 0 bridgehead atoms. The van der Waals surface area contributed by atoms with E-state index in [1.54, 1.807) is 6.92 Å². The maximum atomic E-state index is 11.4. The van der Waals surface area contributed by atoms with Crippen LogP contribution in [0.4, 0.5) is 4.79 Å². The highest BCUT2D eigenvalue weighted by Crippen LogP contribution is 1.91. The number of likely N-dealkylation sites (N-methyl/N-ethyl adjacent to an activating group) is 1. The summed E-state index contributed by atoms with van der Waals surface area (Å²) in [6.07, 6.45) is 1.45. The predicted octanol–water partition coefficient (Wildman–Crippen LogP) is 0.881. The smallest absolute Gasteiger partial charge is 0.326 e. The molecule has 0 radical (unpaired) electrons. The third-order valence-corrected chi connectivity index (χ3v) is 2.71. The number of carboxylic acids is 1. The van der Waals surface area contributed by atoms with Crippen molar-refractivity contribution < 1.29 is 14.7 Å². The van der Waals surface area contributed by atoms with Crippen LogP contribution >= 0.6 is 0 Å². The second-order valence-electron chi connectivity index (χ2n) is 4.13. The summed E-state index contributed by atoms with van der Waals surface area (Å²) < 4.78 is 0. The van der Waals surface area contributed by atoms with E-state index in [1.807, 2.05) is 0 Å². The van der Waals surface area contributed by atoms with Crippen LogP contribution in [0.3, 0.4) is 0 Å². The molecule has 0 aromatic carbocycles. The lowest BCUT2D eigenvalue weighted by atomic mass is 10.2. The van der Waals surface area contributed by atoms with Gasteiger partial charge in [0.2, 0.25) is 0 Å². The number of urea groups is 1. The van der Waals surface area contributed by atoms with Gasteiger partial charge < -0.3 is 20.6 Å². The van der Waals surface area contributed by atoms with Crippen LogP contribution < -0.4 is 10.6 Å². The molecule has 6 heteroatoms. The normalized spacial score (nSPS) is 12.2. The average molecular weight is 259 g/mol. The minimum absolute atomic E-state index is 0.375. The lowest BCUT2D eigenvalue weighted by Crippen LogP contribution is -2.47. The number of carbonyl (C=O) groups is 2. The van der Waals surface area contributed by atoms with Gasteiger partial charge >= 0.3 is 12.0 Å². The highest BCUT2D eigenvalue weighted by Gasteiger charge is 2.16. The maximum absolute atomic E-state index is 11.4. The molecular weight excluding hydrogens is 234 g/mol. The van der Waals surface area contributed by atoms with Gasteiger partial charge in [0.05, 0.1) is 0 Å². The zero-order chi connectivity index (χ0) is 14.0. The minimum atomic E-state index is -1.01. The lowest BCUT2D eigenvalue weighted by Gasteiger charge is -2.20. The number of nitrogens with one attached hydrogen (secondary N) is 2. The summed E-state index contributed by atoms with van der Waals surface area (Å²) in [5.74, 6) is -1.01. The van der Waals surface area contributed by atoms with E-state index in [-0.39, 0.29) is 0 Å². The monoisotopic (exact) mass is 259 g/mol. The molecule has 0 aliphatic heterocycles. The van der Waals surface area contributed by atoms with E-state index in [0.29, 0.717) is 13.0 Å². The largest absolute Gasteiger partial charge is 0.480 e. The molecule has 0 heterocycles. The first kappa shape index (κ1) is 16.7. The van der Waals surface area contributed by atoms with Crippen LogP contribution in [0.15, 0.2) is 0 Å². The van der Waals surface area contributed by atoms with Crippen LogP contribution in [0.25, 0.3) is 0 Å². The number of nitrogens with zero attached hydrogens (tertiary/aromatic N) is 1. The molecule has 0 aliphatic carbocycles. The molecule has 0 saturated carbocycles. The van der Waals surface area contributed by atoms with Gasteiger partial charge in [-0.1, -0.05) is 20.8 Å². The standard InChI is InChI=1S/C12H25N3O3/c1-4-8-15(6-3)9-7-13-12(18)14-10(5-2)11(16)17/h10H,4-9H2,1-3H3,(H,16,17)(H2,13,14,18)/t10-/m1/s1. The van der Waals surface area contributed by atoms with Crippen molar-refractivity contribution in [3.63, 3.8) is 0 Å². The minimum Gasteiger partial charge on any atom is -0.480 e. The van der Waals surface area contributed by atoms with E-state index in [1.165, 1.54) is 0 Å². The van der Waals surface area contributed by atoms with Gasteiger partial charge in [-0.3, -0.25) is 0 Å². The van der Waals surface area contributed by atoms with E-state index in [2.05, 4.69) is 29.4 Å². The fourth-order valence-electron chi connectivity index (χ4n) is 1.62. The highest BCUT2D eigenvalue weighted by atomic mass is 16.4. The fourth-order valence-corrected chi connectivity index (χ4v) is 1.62. The number of carbonyl (C=O) groups excluding carboxylic acids is 1. The van der Waals surface area contributed by atoms with Crippen LogP contribution in [-0.4, -0.2) is 54.2 Å². The number of hydrogen-bond donors (Lipinski definition) is 3. The third-order valence-electron chi connectivity index (χ3n) is 2.71. The summed E-state index contributed by atoms with van der Waals surface area (Å²) in [7, 11) is 0. The molecule has 6 nitrogen and oxygen atoms in total. The molecule has 1 atom stereocenters. The zero-order valence-corrected chi connectivity index (χ0v) is 11.5. The Balaban J connectivity index is 3.85. The number of carboxylic acid groups (broad SMARTS) is 1. The van der Waals surface area contributed by atoms with Gasteiger partial charge in [-0.15, -0.1) is 0 Å². The molecule has 0 spiro atoms. The Morgan fingerprint density at radius 1 is 1.22 bits per heavy atom. The van der Waals surface area contributed by atoms with Gasteiger partial charge in [-0.2, -0.15) is 0 Å². The Kier molecular flexibility index (Phi) is 9.00. The van der Waals surface area contributed by atoms with Crippen LogP contribution in [0, 0.1) is 0 Å². The number of amides is 2. The Morgan fingerprint density at radius 3 is 2.33 bits per heavy atom. The van der Waals surface area contributed by atoms with Crippen LogP contribution in [0.2, 0.25) is 0 Å². The van der Waals surface area contributed by atoms with Gasteiger partial charge in [-0.25, -0.2) is 9.59 Å². The summed E-state index contributed by atoms with van der Waals surface area (Å²) in [6, 6.07) is -1.24. The summed E-state index contributed by atoms with van der Waals surface area (Å²) in [6.45, 7) is 9.17. The first-order valence-corrected chi connectivity index (χ1v) is 6.54. The van der Waals surface area contributed by atoms with Gasteiger partial charge in [0.15, 0.2) is 0 Å². The predicted molar refractivity (Wildman–Crippen MR) is 70.7 cm³/mol. The first-order valence-electron chi connectivity index (χ1n) is 6.54. The van der Waals surface area contributed by atoms with E-state index >= 15 is 0 Å². The summed E-state index contributed by atoms with van der Waals surface area (Å²) in [5, 5.41) is 13.9. The van der Waals surface area contributed by atoms with Crippen molar-refractivity contribution in [3.05, 3.63) is 0 Å². The molecule has 0 unspecified atom stereocenters. The molecule has 0 aromatic rings. The molecule has 18 heavy (non-hydrogen) atoms. The van der Waals surface area contributed by atoms with Crippen molar-refractivity contribution in [1.29, 1.82) is 0 Å². The average Bonchev–Trinajstić information content (AvgIpc) is 2.34. The van der Waals surface area contributed by atoms with E-state index in [9.17, 15) is 9.59 Å². The van der Waals surface area contributed by atoms with E-state index in [0.717, 1.165) is 26.1 Å². The van der Waals surface area contributed by atoms with Gasteiger partial charge in [0.1, 0.15) is 6.04 Å². The number of rotatable bonds is 9. The lowest BCUT2D eigenvalue weighted by molar-refractivity contribution is -0.139. The Labute approximate surface area is 109 Å². The topological polar surface area (TPSA) is 81.7 Å². The van der Waals surface area contributed by atoms with Crippen molar-refractivity contribution >= 4 is 12.0 Å².